The number of hydrogen-bond donors (Lipinski definition) is 1. The molecule has 0 amide bonds. The molecule has 1 aliphatic rings. The lowest BCUT2D eigenvalue weighted by molar-refractivity contribution is 0.0939. The molecular weight excluding hydrogens is 166 g/mol. The van der Waals surface area contributed by atoms with Gasteiger partial charge in [0.25, 0.3) is 0 Å². The highest BCUT2D eigenvalue weighted by Gasteiger charge is 2.16. The quantitative estimate of drug-likeness (QED) is 0.739. The van der Waals surface area contributed by atoms with E-state index in [4.69, 9.17) is 10.5 Å². The number of nitrogens with zero attached hydrogens (tertiary/aromatic N) is 2. The lowest BCUT2D eigenvalue weighted by Crippen LogP contribution is -2.15. The highest BCUT2D eigenvalue weighted by Crippen LogP contribution is 2.15. The number of aryl methyl sites for hydroxylation is 1. The van der Waals surface area contributed by atoms with Crippen LogP contribution < -0.4 is 5.73 Å². The third-order valence-corrected chi connectivity index (χ3v) is 2.40. The van der Waals surface area contributed by atoms with Gasteiger partial charge in [-0.2, -0.15) is 5.10 Å². The number of nitrogen functional groups attached to an aromatic ring is 1. The van der Waals surface area contributed by atoms with Gasteiger partial charge in [0.1, 0.15) is 0 Å². The summed E-state index contributed by atoms with van der Waals surface area (Å²) in [5.74, 6) is 0. The Balaban J connectivity index is 2.00. The van der Waals surface area contributed by atoms with E-state index in [9.17, 15) is 0 Å². The van der Waals surface area contributed by atoms with Gasteiger partial charge in [0.05, 0.1) is 24.0 Å². The second-order valence-corrected chi connectivity index (χ2v) is 3.53. The Morgan fingerprint density at radius 1 is 1.77 bits per heavy atom. The Labute approximate surface area is 77.7 Å². The van der Waals surface area contributed by atoms with Crippen molar-refractivity contribution < 1.29 is 4.74 Å². The molecule has 1 saturated heterocycles. The molecule has 4 nitrogen and oxygen atoms in total. The van der Waals surface area contributed by atoms with Crippen LogP contribution >= 0.6 is 0 Å². The topological polar surface area (TPSA) is 53.1 Å². The van der Waals surface area contributed by atoms with Crippen LogP contribution in [0.15, 0.2) is 6.20 Å². The predicted octanol–water partition coefficient (Wildman–Crippen LogP) is 0.953. The fourth-order valence-electron chi connectivity index (χ4n) is 1.62. The van der Waals surface area contributed by atoms with Gasteiger partial charge in [-0.3, -0.25) is 4.68 Å². The second-order valence-electron chi connectivity index (χ2n) is 3.53. The lowest BCUT2D eigenvalue weighted by atomic mass is 10.2. The maximum absolute atomic E-state index is 5.69. The molecule has 1 fully saturated rings. The van der Waals surface area contributed by atoms with Crippen LogP contribution in [0, 0.1) is 6.92 Å². The van der Waals surface area contributed by atoms with E-state index in [0.717, 1.165) is 31.0 Å². The standard InChI is InChI=1S/C9H15N3O/c1-7-9(10)6-12(11-7)5-8-3-2-4-13-8/h6,8H,2-5,10H2,1H3/t8-/m1/s1. The average molecular weight is 181 g/mol. The molecule has 0 radical (unpaired) electrons. The third kappa shape index (κ3) is 1.83. The molecule has 0 bridgehead atoms. The number of rotatable bonds is 2. The monoisotopic (exact) mass is 181 g/mol. The van der Waals surface area contributed by atoms with Gasteiger partial charge in [-0.25, -0.2) is 0 Å². The molecule has 1 atom stereocenters. The zero-order valence-corrected chi connectivity index (χ0v) is 7.86. The van der Waals surface area contributed by atoms with Gasteiger partial charge in [-0.1, -0.05) is 0 Å². The molecule has 72 valence electrons. The van der Waals surface area contributed by atoms with Gasteiger partial charge < -0.3 is 10.5 Å². The maximum Gasteiger partial charge on any atom is 0.0822 e. The van der Waals surface area contributed by atoms with E-state index in [1.807, 2.05) is 17.8 Å². The summed E-state index contributed by atoms with van der Waals surface area (Å²) in [4.78, 5) is 0. The van der Waals surface area contributed by atoms with Crippen LogP contribution in [-0.4, -0.2) is 22.5 Å². The van der Waals surface area contributed by atoms with Crippen molar-refractivity contribution in [2.75, 3.05) is 12.3 Å². The van der Waals surface area contributed by atoms with Crippen molar-refractivity contribution in [2.24, 2.45) is 0 Å². The van der Waals surface area contributed by atoms with Gasteiger partial charge in [0.2, 0.25) is 0 Å². The summed E-state index contributed by atoms with van der Waals surface area (Å²) in [6.07, 6.45) is 4.51. The summed E-state index contributed by atoms with van der Waals surface area (Å²) in [6, 6.07) is 0. The summed E-state index contributed by atoms with van der Waals surface area (Å²) in [5.41, 5.74) is 7.35. The van der Waals surface area contributed by atoms with Crippen molar-refractivity contribution in [3.8, 4) is 0 Å². The summed E-state index contributed by atoms with van der Waals surface area (Å²) >= 11 is 0. The number of ether oxygens (including phenoxy) is 1. The molecule has 1 aliphatic heterocycles. The first-order valence-corrected chi connectivity index (χ1v) is 4.67. The molecular formula is C9H15N3O. The fraction of sp³-hybridized carbons (Fsp3) is 0.667. The molecule has 1 aromatic rings. The van der Waals surface area contributed by atoms with Crippen molar-refractivity contribution in [1.29, 1.82) is 0 Å². The zero-order chi connectivity index (χ0) is 9.26. The predicted molar refractivity (Wildman–Crippen MR) is 50.4 cm³/mol. The number of aromatic nitrogens is 2. The van der Waals surface area contributed by atoms with Crippen molar-refractivity contribution in [1.82, 2.24) is 9.78 Å². The molecule has 0 saturated carbocycles. The summed E-state index contributed by atoms with van der Waals surface area (Å²) < 4.78 is 7.38. The van der Waals surface area contributed by atoms with Gasteiger partial charge in [0.15, 0.2) is 0 Å². The molecule has 2 N–H and O–H groups in total. The van der Waals surface area contributed by atoms with E-state index in [2.05, 4.69) is 5.10 Å². The van der Waals surface area contributed by atoms with E-state index >= 15 is 0 Å². The Bertz CT molecular complexity index is 270. The van der Waals surface area contributed by atoms with E-state index in [0.29, 0.717) is 6.10 Å². The van der Waals surface area contributed by atoms with Gasteiger partial charge >= 0.3 is 0 Å². The molecule has 13 heavy (non-hydrogen) atoms. The Morgan fingerprint density at radius 2 is 2.62 bits per heavy atom. The molecule has 0 unspecified atom stereocenters. The van der Waals surface area contributed by atoms with Crippen LogP contribution in [0.1, 0.15) is 18.5 Å². The van der Waals surface area contributed by atoms with Crippen LogP contribution in [0.3, 0.4) is 0 Å². The average Bonchev–Trinajstić information content (AvgIpc) is 2.64. The Morgan fingerprint density at radius 3 is 3.15 bits per heavy atom. The molecule has 1 aromatic heterocycles. The Kier molecular flexibility index (Phi) is 2.22. The van der Waals surface area contributed by atoms with E-state index in [-0.39, 0.29) is 0 Å². The normalized spacial score (nSPS) is 22.4. The molecule has 2 rings (SSSR count). The third-order valence-electron chi connectivity index (χ3n) is 2.40. The van der Waals surface area contributed by atoms with Crippen LogP contribution in [0.2, 0.25) is 0 Å². The number of nitrogens with two attached hydrogens (primary N) is 1. The van der Waals surface area contributed by atoms with Crippen LogP contribution in [0.4, 0.5) is 5.69 Å². The van der Waals surface area contributed by atoms with Crippen molar-refractivity contribution in [3.63, 3.8) is 0 Å². The first-order chi connectivity index (χ1) is 6.25. The molecule has 4 heteroatoms. The van der Waals surface area contributed by atoms with Crippen LogP contribution in [-0.2, 0) is 11.3 Å². The lowest BCUT2D eigenvalue weighted by Gasteiger charge is -2.08. The van der Waals surface area contributed by atoms with Crippen LogP contribution in [0.5, 0.6) is 0 Å². The van der Waals surface area contributed by atoms with Crippen molar-refractivity contribution >= 4 is 5.69 Å². The highest BCUT2D eigenvalue weighted by molar-refractivity contribution is 5.39. The minimum atomic E-state index is 0.332. The van der Waals surface area contributed by atoms with Crippen molar-refractivity contribution in [3.05, 3.63) is 11.9 Å². The maximum atomic E-state index is 5.69. The molecule has 2 heterocycles. The highest BCUT2D eigenvalue weighted by atomic mass is 16.5. The zero-order valence-electron chi connectivity index (χ0n) is 7.86. The van der Waals surface area contributed by atoms with Gasteiger partial charge in [0, 0.05) is 12.8 Å². The Hall–Kier alpha value is -1.03. The van der Waals surface area contributed by atoms with Crippen molar-refractivity contribution in [2.45, 2.75) is 32.4 Å². The smallest absolute Gasteiger partial charge is 0.0822 e. The first kappa shape index (κ1) is 8.56. The molecule has 0 spiro atoms. The fourth-order valence-corrected chi connectivity index (χ4v) is 1.62. The largest absolute Gasteiger partial charge is 0.396 e. The molecule has 0 aromatic carbocycles. The van der Waals surface area contributed by atoms with Gasteiger partial charge in [-0.15, -0.1) is 0 Å². The van der Waals surface area contributed by atoms with E-state index in [1.165, 1.54) is 6.42 Å². The SMILES string of the molecule is Cc1nn(C[C@H]2CCCO2)cc1N. The van der Waals surface area contributed by atoms with Gasteiger partial charge in [-0.05, 0) is 19.8 Å². The number of anilines is 1. The summed E-state index contributed by atoms with van der Waals surface area (Å²) in [6.45, 7) is 3.64. The van der Waals surface area contributed by atoms with E-state index in [1.54, 1.807) is 0 Å². The minimum Gasteiger partial charge on any atom is -0.396 e. The molecule has 0 aliphatic carbocycles. The first-order valence-electron chi connectivity index (χ1n) is 4.67. The number of hydrogen-bond acceptors (Lipinski definition) is 3. The second kappa shape index (κ2) is 3.38. The summed E-state index contributed by atoms with van der Waals surface area (Å²) in [5, 5.41) is 4.29. The summed E-state index contributed by atoms with van der Waals surface area (Å²) in [7, 11) is 0. The van der Waals surface area contributed by atoms with E-state index < -0.39 is 0 Å². The van der Waals surface area contributed by atoms with Crippen LogP contribution in [0.25, 0.3) is 0 Å². The minimum absolute atomic E-state index is 0.332.